The Morgan fingerprint density at radius 1 is 0.880 bits per heavy atom. The van der Waals surface area contributed by atoms with Crippen LogP contribution >= 0.6 is 0 Å². The minimum atomic E-state index is -0.757. The van der Waals surface area contributed by atoms with Crippen molar-refractivity contribution in [1.82, 2.24) is 9.80 Å². The molecule has 0 aromatic heterocycles. The molecule has 0 saturated heterocycles. The maximum absolute atomic E-state index is 12.4. The number of benzene rings is 2. The minimum absolute atomic E-state index is 0.0322. The first kappa shape index (κ1) is 16.0. The van der Waals surface area contributed by atoms with E-state index in [-0.39, 0.29) is 18.4 Å². The van der Waals surface area contributed by atoms with Gasteiger partial charge >= 0.3 is 0 Å². The van der Waals surface area contributed by atoms with Crippen LogP contribution in [0.15, 0.2) is 48.5 Å². The molecule has 0 spiro atoms. The number of imide groups is 1. The number of carbonyl (C=O) groups is 2. The molecule has 5 nitrogen and oxygen atoms in total. The van der Waals surface area contributed by atoms with Crippen LogP contribution in [-0.2, 0) is 13.0 Å². The Bertz CT molecular complexity index is 798. The van der Waals surface area contributed by atoms with E-state index in [9.17, 15) is 14.7 Å². The summed E-state index contributed by atoms with van der Waals surface area (Å²) in [7, 11) is 0. The lowest BCUT2D eigenvalue weighted by molar-refractivity contribution is 0.0461. The average molecular weight is 336 g/mol. The van der Waals surface area contributed by atoms with Gasteiger partial charge in [-0.1, -0.05) is 36.4 Å². The molecular weight excluding hydrogens is 316 g/mol. The molecular formula is C20H20N2O3. The van der Waals surface area contributed by atoms with Crippen molar-refractivity contribution in [3.8, 4) is 0 Å². The Balaban J connectivity index is 1.40. The SMILES string of the molecule is O=C1c2ccccc2C(=O)N1C[C@H](O)CN1CCc2ccccc2C1. The Hall–Kier alpha value is -2.50. The summed E-state index contributed by atoms with van der Waals surface area (Å²) >= 11 is 0. The van der Waals surface area contributed by atoms with Crippen molar-refractivity contribution < 1.29 is 14.7 Å². The molecule has 2 amide bonds. The highest BCUT2D eigenvalue weighted by molar-refractivity contribution is 6.21. The number of aliphatic hydroxyl groups is 1. The van der Waals surface area contributed by atoms with Crippen molar-refractivity contribution in [1.29, 1.82) is 0 Å². The van der Waals surface area contributed by atoms with Gasteiger partial charge in [0.25, 0.3) is 11.8 Å². The fraction of sp³-hybridized carbons (Fsp3) is 0.300. The summed E-state index contributed by atoms with van der Waals surface area (Å²) in [6.07, 6.45) is 0.197. The summed E-state index contributed by atoms with van der Waals surface area (Å²) < 4.78 is 0. The average Bonchev–Trinajstić information content (AvgIpc) is 2.87. The quantitative estimate of drug-likeness (QED) is 0.864. The number of rotatable bonds is 4. The molecule has 2 aromatic carbocycles. The molecule has 1 atom stereocenters. The Morgan fingerprint density at radius 2 is 1.48 bits per heavy atom. The third kappa shape index (κ3) is 2.97. The van der Waals surface area contributed by atoms with Crippen LogP contribution in [0.1, 0.15) is 31.8 Å². The summed E-state index contributed by atoms with van der Waals surface area (Å²) in [6, 6.07) is 15.1. The van der Waals surface area contributed by atoms with Gasteiger partial charge in [0.2, 0.25) is 0 Å². The van der Waals surface area contributed by atoms with E-state index >= 15 is 0 Å². The maximum atomic E-state index is 12.4. The molecule has 2 aliphatic rings. The smallest absolute Gasteiger partial charge is 0.261 e. The Morgan fingerprint density at radius 3 is 2.16 bits per heavy atom. The highest BCUT2D eigenvalue weighted by atomic mass is 16.3. The maximum Gasteiger partial charge on any atom is 0.261 e. The molecule has 1 N–H and O–H groups in total. The van der Waals surface area contributed by atoms with E-state index in [1.54, 1.807) is 24.3 Å². The van der Waals surface area contributed by atoms with Crippen molar-refractivity contribution in [2.75, 3.05) is 19.6 Å². The number of hydrogen-bond acceptors (Lipinski definition) is 4. The molecule has 0 fully saturated rings. The molecule has 25 heavy (non-hydrogen) atoms. The van der Waals surface area contributed by atoms with Gasteiger partial charge in [0.15, 0.2) is 0 Å². The van der Waals surface area contributed by atoms with E-state index < -0.39 is 6.10 Å². The lowest BCUT2D eigenvalue weighted by Crippen LogP contribution is -2.43. The first-order chi connectivity index (χ1) is 12.1. The van der Waals surface area contributed by atoms with E-state index in [1.165, 1.54) is 11.1 Å². The highest BCUT2D eigenvalue weighted by Crippen LogP contribution is 2.23. The molecule has 2 aliphatic heterocycles. The van der Waals surface area contributed by atoms with E-state index in [0.717, 1.165) is 24.4 Å². The molecule has 0 aliphatic carbocycles. The Labute approximate surface area is 146 Å². The minimum Gasteiger partial charge on any atom is -0.390 e. The number of fused-ring (bicyclic) bond motifs is 2. The molecule has 0 radical (unpaired) electrons. The molecule has 0 bridgehead atoms. The largest absolute Gasteiger partial charge is 0.390 e. The highest BCUT2D eigenvalue weighted by Gasteiger charge is 2.36. The summed E-state index contributed by atoms with van der Waals surface area (Å²) in [5.41, 5.74) is 3.48. The summed E-state index contributed by atoms with van der Waals surface area (Å²) in [4.78, 5) is 28.1. The second kappa shape index (κ2) is 6.43. The van der Waals surface area contributed by atoms with Gasteiger partial charge in [-0.2, -0.15) is 0 Å². The lowest BCUT2D eigenvalue weighted by atomic mass is 10.00. The molecule has 0 saturated carbocycles. The first-order valence-corrected chi connectivity index (χ1v) is 8.56. The van der Waals surface area contributed by atoms with Gasteiger partial charge in [-0.3, -0.25) is 19.4 Å². The molecule has 128 valence electrons. The van der Waals surface area contributed by atoms with Crippen molar-refractivity contribution in [3.05, 3.63) is 70.8 Å². The zero-order chi connectivity index (χ0) is 17.4. The topological polar surface area (TPSA) is 60.9 Å². The monoisotopic (exact) mass is 336 g/mol. The standard InChI is InChI=1S/C20H20N2O3/c23-16(12-21-10-9-14-5-1-2-6-15(14)11-21)13-22-19(24)17-7-3-4-8-18(17)20(22)25/h1-8,16,23H,9-13H2/t16-/m1/s1. The molecule has 0 unspecified atom stereocenters. The van der Waals surface area contributed by atoms with Gasteiger partial charge in [0.05, 0.1) is 23.8 Å². The molecule has 2 heterocycles. The van der Waals surface area contributed by atoms with Crippen LogP contribution in [0.3, 0.4) is 0 Å². The second-order valence-corrected chi connectivity index (χ2v) is 6.67. The van der Waals surface area contributed by atoms with Crippen molar-refractivity contribution in [2.45, 2.75) is 19.1 Å². The van der Waals surface area contributed by atoms with Crippen LogP contribution in [-0.4, -0.2) is 52.5 Å². The summed E-state index contributed by atoms with van der Waals surface area (Å²) in [6.45, 7) is 2.14. The van der Waals surface area contributed by atoms with Gasteiger partial charge in [0, 0.05) is 19.6 Å². The number of β-amino-alcohol motifs (C(OH)–C–C–N with tert-alkyl or cyclic N) is 1. The van der Waals surface area contributed by atoms with Crippen LogP contribution in [0.2, 0.25) is 0 Å². The number of amides is 2. The number of carbonyl (C=O) groups excluding carboxylic acids is 2. The van der Waals surface area contributed by atoms with E-state index in [2.05, 4.69) is 17.0 Å². The van der Waals surface area contributed by atoms with E-state index in [4.69, 9.17) is 0 Å². The van der Waals surface area contributed by atoms with E-state index in [0.29, 0.717) is 17.7 Å². The normalized spacial score (nSPS) is 18.2. The summed E-state index contributed by atoms with van der Waals surface area (Å²) in [5.74, 6) is -0.632. The fourth-order valence-corrected chi connectivity index (χ4v) is 3.68. The van der Waals surface area contributed by atoms with E-state index in [1.807, 2.05) is 12.1 Å². The predicted molar refractivity (Wildman–Crippen MR) is 93.2 cm³/mol. The zero-order valence-electron chi connectivity index (χ0n) is 13.9. The van der Waals surface area contributed by atoms with Crippen molar-refractivity contribution in [3.63, 3.8) is 0 Å². The van der Waals surface area contributed by atoms with Crippen LogP contribution in [0.5, 0.6) is 0 Å². The van der Waals surface area contributed by atoms with Crippen LogP contribution in [0.25, 0.3) is 0 Å². The van der Waals surface area contributed by atoms with Gasteiger partial charge in [0.1, 0.15) is 0 Å². The fourth-order valence-electron chi connectivity index (χ4n) is 3.68. The number of hydrogen-bond donors (Lipinski definition) is 1. The zero-order valence-corrected chi connectivity index (χ0v) is 13.9. The van der Waals surface area contributed by atoms with Gasteiger partial charge in [-0.25, -0.2) is 0 Å². The van der Waals surface area contributed by atoms with Crippen molar-refractivity contribution in [2.24, 2.45) is 0 Å². The van der Waals surface area contributed by atoms with Crippen LogP contribution in [0.4, 0.5) is 0 Å². The Kier molecular flexibility index (Phi) is 4.11. The van der Waals surface area contributed by atoms with Crippen LogP contribution < -0.4 is 0 Å². The summed E-state index contributed by atoms with van der Waals surface area (Å²) in [5, 5.41) is 10.4. The third-order valence-corrected chi connectivity index (χ3v) is 4.95. The lowest BCUT2D eigenvalue weighted by Gasteiger charge is -2.31. The molecule has 5 heteroatoms. The first-order valence-electron chi connectivity index (χ1n) is 8.56. The van der Waals surface area contributed by atoms with Gasteiger partial charge < -0.3 is 5.11 Å². The van der Waals surface area contributed by atoms with Crippen molar-refractivity contribution >= 4 is 11.8 Å². The number of aliphatic hydroxyl groups excluding tert-OH is 1. The molecule has 2 aromatic rings. The number of nitrogens with zero attached hydrogens (tertiary/aromatic N) is 2. The van der Waals surface area contributed by atoms with Crippen LogP contribution in [0, 0.1) is 0 Å². The van der Waals surface area contributed by atoms with Gasteiger partial charge in [-0.05, 0) is 29.7 Å². The second-order valence-electron chi connectivity index (χ2n) is 6.67. The van der Waals surface area contributed by atoms with Gasteiger partial charge in [-0.15, -0.1) is 0 Å². The predicted octanol–water partition coefficient (Wildman–Crippen LogP) is 1.70. The molecule has 4 rings (SSSR count). The third-order valence-electron chi connectivity index (χ3n) is 4.95.